The lowest BCUT2D eigenvalue weighted by molar-refractivity contribution is -0.108. The van der Waals surface area contributed by atoms with Crippen LogP contribution in [0, 0.1) is 6.92 Å². The van der Waals surface area contributed by atoms with Crippen LogP contribution >= 0.6 is 0 Å². The predicted molar refractivity (Wildman–Crippen MR) is 67.9 cm³/mol. The molecule has 0 saturated heterocycles. The van der Waals surface area contributed by atoms with Crippen LogP contribution in [0.3, 0.4) is 0 Å². The van der Waals surface area contributed by atoms with Crippen molar-refractivity contribution in [1.29, 1.82) is 0 Å². The van der Waals surface area contributed by atoms with E-state index in [0.717, 1.165) is 11.3 Å². The number of hydrogen-bond acceptors (Lipinski definition) is 3. The molecule has 4 heteroatoms. The summed E-state index contributed by atoms with van der Waals surface area (Å²) in [6, 6.07) is 7.65. The van der Waals surface area contributed by atoms with E-state index in [1.807, 2.05) is 45.0 Å². The summed E-state index contributed by atoms with van der Waals surface area (Å²) in [6.45, 7) is 6.17. The summed E-state index contributed by atoms with van der Waals surface area (Å²) < 4.78 is 0. The molecular formula is C12H19N3O. The van der Waals surface area contributed by atoms with Gasteiger partial charge in [0.1, 0.15) is 5.84 Å². The molecule has 0 saturated carbocycles. The van der Waals surface area contributed by atoms with Gasteiger partial charge in [0.25, 0.3) is 0 Å². The Kier molecular flexibility index (Phi) is 7.71. The summed E-state index contributed by atoms with van der Waals surface area (Å²) >= 11 is 0. The minimum atomic E-state index is 0.215. The average Bonchev–Trinajstić information content (AvgIpc) is 2.34. The largest absolute Gasteiger partial charge is 0.324 e. The smallest absolute Gasteiger partial charge is 0.212 e. The lowest BCUT2D eigenvalue weighted by Gasteiger charge is -2.03. The molecule has 0 atom stereocenters. The number of rotatable bonds is 3. The number of aliphatic imine (C=N–C) groups is 1. The predicted octanol–water partition coefficient (Wildman–Crippen LogP) is 1.76. The molecule has 1 aromatic rings. The first kappa shape index (κ1) is 14.3. The number of amides is 1. The number of nitrogens with zero attached hydrogens (tertiary/aromatic N) is 1. The summed E-state index contributed by atoms with van der Waals surface area (Å²) in [6.07, 6.45) is 0.573. The molecule has 0 fully saturated rings. The van der Waals surface area contributed by atoms with Gasteiger partial charge in [-0.1, -0.05) is 32.0 Å². The molecule has 0 spiro atoms. The Hall–Kier alpha value is -1.68. The quantitative estimate of drug-likeness (QED) is 0.464. The van der Waals surface area contributed by atoms with E-state index in [4.69, 9.17) is 5.73 Å². The van der Waals surface area contributed by atoms with Gasteiger partial charge in [0.15, 0.2) is 0 Å². The lowest BCUT2D eigenvalue weighted by Crippen LogP contribution is -2.29. The van der Waals surface area contributed by atoms with Crippen LogP contribution < -0.4 is 11.1 Å². The topological polar surface area (TPSA) is 67.5 Å². The van der Waals surface area contributed by atoms with E-state index < -0.39 is 0 Å². The molecule has 16 heavy (non-hydrogen) atoms. The van der Waals surface area contributed by atoms with E-state index in [9.17, 15) is 4.79 Å². The first-order valence-electron chi connectivity index (χ1n) is 5.31. The monoisotopic (exact) mass is 221 g/mol. The normalized spacial score (nSPS) is 10.1. The van der Waals surface area contributed by atoms with Crippen molar-refractivity contribution in [2.45, 2.75) is 20.8 Å². The molecule has 1 aromatic carbocycles. The molecule has 0 radical (unpaired) electrons. The maximum Gasteiger partial charge on any atom is 0.212 e. The highest BCUT2D eigenvalue weighted by atomic mass is 16.1. The Balaban J connectivity index is 0.00000106. The molecule has 0 heterocycles. The van der Waals surface area contributed by atoms with Crippen LogP contribution in [0.25, 0.3) is 0 Å². The Morgan fingerprint density at radius 1 is 1.44 bits per heavy atom. The van der Waals surface area contributed by atoms with Crippen molar-refractivity contribution in [1.82, 2.24) is 5.32 Å². The fourth-order valence-electron chi connectivity index (χ4n) is 1.04. The van der Waals surface area contributed by atoms with Gasteiger partial charge in [0.05, 0.1) is 12.2 Å². The number of aryl methyl sites for hydroxylation is 1. The van der Waals surface area contributed by atoms with Crippen LogP contribution in [0.4, 0.5) is 5.69 Å². The van der Waals surface area contributed by atoms with Crippen molar-refractivity contribution in [3.8, 4) is 0 Å². The number of benzene rings is 1. The highest BCUT2D eigenvalue weighted by Crippen LogP contribution is 2.16. The molecule has 0 aliphatic heterocycles. The van der Waals surface area contributed by atoms with Gasteiger partial charge in [-0.3, -0.25) is 4.79 Å². The number of nitrogens with two attached hydrogens (primary N) is 1. The van der Waals surface area contributed by atoms with Gasteiger partial charge >= 0.3 is 0 Å². The average molecular weight is 221 g/mol. The fraction of sp³-hybridized carbons (Fsp3) is 0.333. The number of carbonyl (C=O) groups is 1. The molecule has 4 nitrogen and oxygen atoms in total. The second kappa shape index (κ2) is 8.61. The Morgan fingerprint density at radius 3 is 2.56 bits per heavy atom. The summed E-state index contributed by atoms with van der Waals surface area (Å²) in [5, 5.41) is 2.45. The minimum absolute atomic E-state index is 0.215. The second-order valence-corrected chi connectivity index (χ2v) is 2.81. The third-order valence-electron chi connectivity index (χ3n) is 1.79. The van der Waals surface area contributed by atoms with Gasteiger partial charge in [0.2, 0.25) is 6.41 Å². The van der Waals surface area contributed by atoms with Gasteiger partial charge < -0.3 is 11.1 Å². The third-order valence-corrected chi connectivity index (χ3v) is 1.79. The van der Waals surface area contributed by atoms with E-state index in [1.54, 1.807) is 0 Å². The summed E-state index contributed by atoms with van der Waals surface area (Å²) in [5.74, 6) is 0.467. The highest BCUT2D eigenvalue weighted by molar-refractivity contribution is 5.93. The van der Waals surface area contributed by atoms with E-state index in [0.29, 0.717) is 12.2 Å². The van der Waals surface area contributed by atoms with Gasteiger partial charge in [0, 0.05) is 0 Å². The molecule has 3 N–H and O–H groups in total. The number of carbonyl (C=O) groups excluding carboxylic acids is 1. The van der Waals surface area contributed by atoms with E-state index >= 15 is 0 Å². The van der Waals surface area contributed by atoms with Crippen LogP contribution in [0.1, 0.15) is 19.4 Å². The van der Waals surface area contributed by atoms with E-state index in [1.165, 1.54) is 0 Å². The maximum absolute atomic E-state index is 10.2. The molecule has 0 unspecified atom stereocenters. The zero-order valence-electron chi connectivity index (χ0n) is 10.0. The Labute approximate surface area is 96.6 Å². The first-order valence-corrected chi connectivity index (χ1v) is 5.31. The van der Waals surface area contributed by atoms with Gasteiger partial charge in [-0.15, -0.1) is 0 Å². The minimum Gasteiger partial charge on any atom is -0.324 e. The Morgan fingerprint density at radius 2 is 2.06 bits per heavy atom. The molecule has 0 aliphatic carbocycles. The molecule has 1 rings (SSSR count). The second-order valence-electron chi connectivity index (χ2n) is 2.81. The maximum atomic E-state index is 10.2. The molecule has 0 aliphatic rings. The van der Waals surface area contributed by atoms with Crippen LogP contribution in [-0.2, 0) is 4.79 Å². The van der Waals surface area contributed by atoms with Gasteiger partial charge in [-0.25, -0.2) is 4.99 Å². The summed E-state index contributed by atoms with van der Waals surface area (Å²) in [4.78, 5) is 14.4. The number of amidine groups is 1. The zero-order valence-corrected chi connectivity index (χ0v) is 10.0. The molecule has 0 aromatic heterocycles. The Bertz CT molecular complexity index is 348. The summed E-state index contributed by atoms with van der Waals surface area (Å²) in [5.41, 5.74) is 7.27. The van der Waals surface area contributed by atoms with Crippen molar-refractivity contribution in [3.63, 3.8) is 0 Å². The van der Waals surface area contributed by atoms with Crippen LogP contribution in [0.5, 0.6) is 0 Å². The third kappa shape index (κ3) is 4.70. The number of para-hydroxylation sites is 1. The highest BCUT2D eigenvalue weighted by Gasteiger charge is 1.97. The number of nitrogens with one attached hydrogen (secondary N) is 1. The SMILES string of the molecule is CC.Cc1ccccc1N=C(CN)NC=O. The molecule has 0 bridgehead atoms. The van der Waals surface area contributed by atoms with Crippen LogP contribution in [0.15, 0.2) is 29.3 Å². The first-order chi connectivity index (χ1) is 7.77. The van der Waals surface area contributed by atoms with Crippen molar-refractivity contribution in [3.05, 3.63) is 29.8 Å². The van der Waals surface area contributed by atoms with Gasteiger partial charge in [-0.05, 0) is 18.6 Å². The van der Waals surface area contributed by atoms with E-state index in [-0.39, 0.29) is 6.54 Å². The van der Waals surface area contributed by atoms with Crippen molar-refractivity contribution in [2.24, 2.45) is 10.7 Å². The van der Waals surface area contributed by atoms with Crippen molar-refractivity contribution < 1.29 is 4.79 Å². The molecule has 88 valence electrons. The standard InChI is InChI=1S/C10H13N3O.C2H6/c1-8-4-2-3-5-9(8)13-10(6-11)12-7-14;1-2/h2-5,7H,6,11H2,1H3,(H,12,13,14);1-2H3. The van der Waals surface area contributed by atoms with E-state index in [2.05, 4.69) is 10.3 Å². The van der Waals surface area contributed by atoms with Crippen LogP contribution in [-0.4, -0.2) is 18.8 Å². The molecule has 1 amide bonds. The van der Waals surface area contributed by atoms with Crippen molar-refractivity contribution >= 4 is 17.9 Å². The van der Waals surface area contributed by atoms with Crippen LogP contribution in [0.2, 0.25) is 0 Å². The summed E-state index contributed by atoms with van der Waals surface area (Å²) in [7, 11) is 0. The molecular weight excluding hydrogens is 202 g/mol. The zero-order chi connectivity index (χ0) is 12.4. The fourth-order valence-corrected chi connectivity index (χ4v) is 1.04. The lowest BCUT2D eigenvalue weighted by atomic mass is 10.2. The van der Waals surface area contributed by atoms with Gasteiger partial charge in [-0.2, -0.15) is 0 Å². The number of hydrogen-bond donors (Lipinski definition) is 2. The van der Waals surface area contributed by atoms with Crippen molar-refractivity contribution in [2.75, 3.05) is 6.54 Å².